The zero-order valence-corrected chi connectivity index (χ0v) is 14.7. The van der Waals surface area contributed by atoms with Gasteiger partial charge in [-0.2, -0.15) is 0 Å². The summed E-state index contributed by atoms with van der Waals surface area (Å²) in [5.74, 6) is 0.854. The Morgan fingerprint density at radius 2 is 1.85 bits per heavy atom. The summed E-state index contributed by atoms with van der Waals surface area (Å²) >= 11 is 1.40. The van der Waals surface area contributed by atoms with Crippen LogP contribution in [0.25, 0.3) is 21.3 Å². The lowest BCUT2D eigenvalue weighted by atomic mass is 10.1. The lowest BCUT2D eigenvalue weighted by Gasteiger charge is -2.06. The third-order valence-electron chi connectivity index (χ3n) is 4.00. The molecule has 0 atom stereocenters. The van der Waals surface area contributed by atoms with E-state index in [-0.39, 0.29) is 17.9 Å². The molecule has 1 N–H and O–H groups in total. The average Bonchev–Trinajstić information content (AvgIpc) is 3.12. The number of aromatic nitrogens is 2. The van der Waals surface area contributed by atoms with Crippen LogP contribution in [0, 0.1) is 10.1 Å². The van der Waals surface area contributed by atoms with Crippen LogP contribution >= 0.6 is 11.3 Å². The summed E-state index contributed by atoms with van der Waals surface area (Å²) in [4.78, 5) is 30.6. The summed E-state index contributed by atoms with van der Waals surface area (Å²) in [5.41, 5.74) is 1.59. The number of nitro benzene ring substituents is 1. The third kappa shape index (κ3) is 3.42. The fraction of sp³-hybridized carbons (Fsp3) is 0.0526. The third-order valence-corrected chi connectivity index (χ3v) is 4.87. The first-order valence-electron chi connectivity index (χ1n) is 8.05. The maximum absolute atomic E-state index is 12.6. The Labute approximate surface area is 157 Å². The summed E-state index contributed by atoms with van der Waals surface area (Å²) in [7, 11) is 0. The minimum absolute atomic E-state index is 0.0117. The molecule has 0 aliphatic heterocycles. The second-order valence-corrected chi connectivity index (χ2v) is 6.61. The van der Waals surface area contributed by atoms with Gasteiger partial charge in [0.25, 0.3) is 11.2 Å². The largest absolute Gasteiger partial charge is 0.486 e. The highest BCUT2D eigenvalue weighted by molar-refractivity contribution is 7.17. The molecule has 2 aromatic heterocycles. The van der Waals surface area contributed by atoms with Crippen molar-refractivity contribution in [3.05, 3.63) is 86.3 Å². The topological polar surface area (TPSA) is 98.1 Å². The van der Waals surface area contributed by atoms with Crippen LogP contribution in [0.5, 0.6) is 5.75 Å². The Kier molecular flexibility index (Phi) is 4.39. The van der Waals surface area contributed by atoms with Crippen molar-refractivity contribution in [3.63, 3.8) is 0 Å². The van der Waals surface area contributed by atoms with Crippen LogP contribution in [0.15, 0.2) is 64.8 Å². The Balaban J connectivity index is 1.59. The number of thiophene rings is 1. The number of benzene rings is 2. The molecule has 2 heterocycles. The molecule has 0 unspecified atom stereocenters. The van der Waals surface area contributed by atoms with Gasteiger partial charge in [0.05, 0.1) is 10.3 Å². The molecule has 0 saturated heterocycles. The maximum Gasteiger partial charge on any atom is 0.269 e. The molecule has 2 aromatic carbocycles. The van der Waals surface area contributed by atoms with Crippen molar-refractivity contribution in [2.75, 3.05) is 0 Å². The van der Waals surface area contributed by atoms with E-state index in [4.69, 9.17) is 4.74 Å². The molecule has 8 heteroatoms. The van der Waals surface area contributed by atoms with Gasteiger partial charge in [-0.3, -0.25) is 14.9 Å². The molecule has 4 aromatic rings. The number of fused-ring (bicyclic) bond motifs is 1. The van der Waals surface area contributed by atoms with Gasteiger partial charge in [0.15, 0.2) is 0 Å². The molecule has 0 amide bonds. The van der Waals surface area contributed by atoms with E-state index in [1.165, 1.54) is 35.6 Å². The fourth-order valence-electron chi connectivity index (χ4n) is 2.71. The quantitative estimate of drug-likeness (QED) is 0.415. The lowest BCUT2D eigenvalue weighted by Crippen LogP contribution is -2.13. The highest BCUT2D eigenvalue weighted by Crippen LogP contribution is 2.30. The Hall–Kier alpha value is -3.52. The van der Waals surface area contributed by atoms with Crippen molar-refractivity contribution in [1.82, 2.24) is 9.97 Å². The van der Waals surface area contributed by atoms with Gasteiger partial charge in [-0.15, -0.1) is 11.3 Å². The van der Waals surface area contributed by atoms with Crippen molar-refractivity contribution in [2.24, 2.45) is 0 Å². The maximum atomic E-state index is 12.6. The van der Waals surface area contributed by atoms with E-state index in [1.54, 1.807) is 0 Å². The lowest BCUT2D eigenvalue weighted by molar-refractivity contribution is -0.384. The molecule has 4 rings (SSSR count). The molecular formula is C19H13N3O4S. The first-order chi connectivity index (χ1) is 13.1. The molecule has 0 bridgehead atoms. The monoisotopic (exact) mass is 379 g/mol. The van der Waals surface area contributed by atoms with Crippen LogP contribution in [-0.2, 0) is 6.61 Å². The zero-order valence-electron chi connectivity index (χ0n) is 13.9. The Morgan fingerprint density at radius 1 is 1.11 bits per heavy atom. The number of hydrogen-bond donors (Lipinski definition) is 1. The van der Waals surface area contributed by atoms with Crippen molar-refractivity contribution in [3.8, 4) is 16.9 Å². The number of nitro groups is 1. The molecule has 27 heavy (non-hydrogen) atoms. The van der Waals surface area contributed by atoms with Crippen molar-refractivity contribution < 1.29 is 9.66 Å². The summed E-state index contributed by atoms with van der Waals surface area (Å²) in [6, 6.07) is 15.4. The summed E-state index contributed by atoms with van der Waals surface area (Å²) in [6.45, 7) is 0.0571. The molecule has 134 valence electrons. The molecule has 7 nitrogen and oxygen atoms in total. The van der Waals surface area contributed by atoms with Gasteiger partial charge in [-0.05, 0) is 17.7 Å². The van der Waals surface area contributed by atoms with E-state index in [9.17, 15) is 14.9 Å². The first kappa shape index (κ1) is 16.9. The van der Waals surface area contributed by atoms with E-state index >= 15 is 0 Å². The van der Waals surface area contributed by atoms with Crippen molar-refractivity contribution in [2.45, 2.75) is 6.61 Å². The number of non-ortho nitro benzene ring substituents is 1. The molecule has 0 spiro atoms. The van der Waals surface area contributed by atoms with Crippen LogP contribution in [0.3, 0.4) is 0 Å². The van der Waals surface area contributed by atoms with E-state index in [1.807, 2.05) is 35.7 Å². The molecule has 0 aliphatic rings. The van der Waals surface area contributed by atoms with Gasteiger partial charge >= 0.3 is 0 Å². The van der Waals surface area contributed by atoms with Gasteiger partial charge in [0.2, 0.25) is 0 Å². The van der Waals surface area contributed by atoms with Crippen LogP contribution < -0.4 is 10.3 Å². The first-order valence-corrected chi connectivity index (χ1v) is 8.93. The van der Waals surface area contributed by atoms with Gasteiger partial charge in [-0.25, -0.2) is 4.98 Å². The van der Waals surface area contributed by atoms with Crippen molar-refractivity contribution in [1.29, 1.82) is 0 Å². The van der Waals surface area contributed by atoms with Gasteiger partial charge in [0.1, 0.15) is 23.0 Å². The number of hydrogen-bond acceptors (Lipinski definition) is 6. The SMILES string of the molecule is O=c1[nH]c(COc2ccc([N+](=O)[O-])cc2)nc2scc(-c3ccccc3)c12. The predicted octanol–water partition coefficient (Wildman–Crippen LogP) is 4.14. The number of ether oxygens (including phenoxy) is 1. The summed E-state index contributed by atoms with van der Waals surface area (Å²) < 4.78 is 5.57. The van der Waals surface area contributed by atoms with E-state index in [2.05, 4.69) is 9.97 Å². The number of rotatable bonds is 5. The molecule has 0 aliphatic carbocycles. The number of aromatic amines is 1. The van der Waals surface area contributed by atoms with Crippen LogP contribution in [0.1, 0.15) is 5.82 Å². The number of nitrogens with one attached hydrogen (secondary N) is 1. The number of nitrogens with zero attached hydrogens (tertiary/aromatic N) is 2. The minimum Gasteiger partial charge on any atom is -0.486 e. The van der Waals surface area contributed by atoms with Crippen LogP contribution in [-0.4, -0.2) is 14.9 Å². The normalized spacial score (nSPS) is 10.8. The zero-order chi connectivity index (χ0) is 18.8. The number of H-pyrrole nitrogens is 1. The fourth-order valence-corrected chi connectivity index (χ4v) is 3.67. The van der Waals surface area contributed by atoms with Gasteiger partial charge in [0, 0.05) is 23.1 Å². The second kappa shape index (κ2) is 7.00. The van der Waals surface area contributed by atoms with Gasteiger partial charge < -0.3 is 9.72 Å². The van der Waals surface area contributed by atoms with Gasteiger partial charge in [-0.1, -0.05) is 30.3 Å². The smallest absolute Gasteiger partial charge is 0.269 e. The van der Waals surface area contributed by atoms with Crippen LogP contribution in [0.4, 0.5) is 5.69 Å². The van der Waals surface area contributed by atoms with Crippen molar-refractivity contribution >= 4 is 27.2 Å². The van der Waals surface area contributed by atoms with Crippen LogP contribution in [0.2, 0.25) is 0 Å². The highest BCUT2D eigenvalue weighted by Gasteiger charge is 2.13. The highest BCUT2D eigenvalue weighted by atomic mass is 32.1. The minimum atomic E-state index is -0.474. The standard InChI is InChI=1S/C19H13N3O4S/c23-18-17-15(12-4-2-1-3-5-12)11-27-19(17)21-16(20-18)10-26-14-8-6-13(7-9-14)22(24)25/h1-9,11H,10H2,(H,20,21,23). The Bertz CT molecular complexity index is 1170. The second-order valence-electron chi connectivity index (χ2n) is 5.75. The summed E-state index contributed by atoms with van der Waals surface area (Å²) in [5, 5.41) is 13.2. The van der Waals surface area contributed by atoms with E-state index in [0.717, 1.165) is 11.1 Å². The summed E-state index contributed by atoms with van der Waals surface area (Å²) in [6.07, 6.45) is 0. The van der Waals surface area contributed by atoms with E-state index in [0.29, 0.717) is 21.8 Å². The Morgan fingerprint density at radius 3 is 2.56 bits per heavy atom. The average molecular weight is 379 g/mol. The molecular weight excluding hydrogens is 366 g/mol. The molecule has 0 fully saturated rings. The molecule has 0 saturated carbocycles. The molecule has 0 radical (unpaired) electrons. The predicted molar refractivity (Wildman–Crippen MR) is 103 cm³/mol. The van der Waals surface area contributed by atoms with E-state index < -0.39 is 4.92 Å².